The number of nitrogens with one attached hydrogen (secondary N) is 1. The van der Waals surface area contributed by atoms with Crippen molar-refractivity contribution in [2.24, 2.45) is 0 Å². The van der Waals surface area contributed by atoms with E-state index in [4.69, 9.17) is 5.11 Å². The molecule has 1 atom stereocenters. The van der Waals surface area contributed by atoms with Crippen LogP contribution in [0.4, 0.5) is 5.82 Å². The molecule has 0 saturated heterocycles. The lowest BCUT2D eigenvalue weighted by Crippen LogP contribution is -2.16. The molecule has 0 saturated carbocycles. The van der Waals surface area contributed by atoms with E-state index >= 15 is 0 Å². The third-order valence-corrected chi connectivity index (χ3v) is 3.20. The molecule has 4 nitrogen and oxygen atoms in total. The van der Waals surface area contributed by atoms with Crippen LogP contribution in [0.3, 0.4) is 0 Å². The van der Waals surface area contributed by atoms with Gasteiger partial charge in [0.1, 0.15) is 11.4 Å². The average molecular weight is 240 g/mol. The summed E-state index contributed by atoms with van der Waals surface area (Å²) in [5.74, 6) is -0.500. The first-order valence-electron chi connectivity index (χ1n) is 5.02. The molecule has 5 heteroatoms. The Hall–Kier alpha value is -1.23. The number of pyridine rings is 1. The highest BCUT2D eigenvalue weighted by atomic mass is 32.2. The molecule has 0 spiro atoms. The molecule has 1 aromatic heterocycles. The van der Waals surface area contributed by atoms with Crippen LogP contribution in [0.5, 0.6) is 0 Å². The predicted octanol–water partition coefficient (Wildman–Crippen LogP) is 2.25. The fourth-order valence-electron chi connectivity index (χ4n) is 1.19. The van der Waals surface area contributed by atoms with Crippen LogP contribution >= 0.6 is 11.8 Å². The molecular weight excluding hydrogens is 224 g/mol. The molecule has 88 valence electrons. The van der Waals surface area contributed by atoms with Gasteiger partial charge in [0.25, 0.3) is 0 Å². The summed E-state index contributed by atoms with van der Waals surface area (Å²) in [5, 5.41) is 12.5. The molecule has 16 heavy (non-hydrogen) atoms. The molecular formula is C11H16N2O2S. The molecule has 0 aromatic carbocycles. The minimum atomic E-state index is -0.952. The number of thioether (sulfide) groups is 1. The lowest BCUT2D eigenvalue weighted by atomic mass is 10.2. The zero-order valence-electron chi connectivity index (χ0n) is 9.65. The number of hydrogen-bond acceptors (Lipinski definition) is 4. The van der Waals surface area contributed by atoms with Crippen LogP contribution in [0.2, 0.25) is 0 Å². The van der Waals surface area contributed by atoms with Crippen molar-refractivity contribution in [3.8, 4) is 0 Å². The Labute approximate surface area is 99.5 Å². The van der Waals surface area contributed by atoms with E-state index in [1.807, 2.05) is 13.2 Å². The van der Waals surface area contributed by atoms with Gasteiger partial charge in [-0.05, 0) is 25.3 Å². The maximum atomic E-state index is 11.0. The minimum Gasteiger partial charge on any atom is -0.478 e. The minimum absolute atomic E-state index is 0.221. The van der Waals surface area contributed by atoms with Gasteiger partial charge in [0.05, 0.1) is 0 Å². The largest absolute Gasteiger partial charge is 0.478 e. The van der Waals surface area contributed by atoms with Crippen molar-refractivity contribution in [2.45, 2.75) is 19.1 Å². The Kier molecular flexibility index (Phi) is 4.61. The standard InChI is InChI=1S/C11H16N2O2S/c1-7-4-5-9(11(14)15)10(13-7)12-6-8(2)16-3/h4-5,8H,6H2,1-3H3,(H,12,13)(H,14,15). The topological polar surface area (TPSA) is 62.2 Å². The second-order valence-corrected chi connectivity index (χ2v) is 4.86. The number of carboxylic acids is 1. The number of aryl methyl sites for hydroxylation is 1. The molecule has 1 aromatic rings. The summed E-state index contributed by atoms with van der Waals surface area (Å²) in [6, 6.07) is 3.28. The highest BCUT2D eigenvalue weighted by Gasteiger charge is 2.11. The highest BCUT2D eigenvalue weighted by Crippen LogP contribution is 2.14. The molecule has 1 rings (SSSR count). The van der Waals surface area contributed by atoms with E-state index in [1.54, 1.807) is 23.9 Å². The lowest BCUT2D eigenvalue weighted by molar-refractivity contribution is 0.0697. The summed E-state index contributed by atoms with van der Waals surface area (Å²) in [4.78, 5) is 15.2. The third kappa shape index (κ3) is 3.41. The van der Waals surface area contributed by atoms with Gasteiger partial charge in [-0.2, -0.15) is 11.8 Å². The number of aromatic carboxylic acids is 1. The van der Waals surface area contributed by atoms with Crippen LogP contribution in [0.15, 0.2) is 12.1 Å². The molecule has 0 amide bonds. The Morgan fingerprint density at radius 2 is 2.31 bits per heavy atom. The number of nitrogens with zero attached hydrogens (tertiary/aromatic N) is 1. The van der Waals surface area contributed by atoms with Crippen molar-refractivity contribution >= 4 is 23.5 Å². The highest BCUT2D eigenvalue weighted by molar-refractivity contribution is 7.99. The summed E-state index contributed by atoms with van der Waals surface area (Å²) in [6.07, 6.45) is 2.02. The van der Waals surface area contributed by atoms with Gasteiger partial charge in [-0.15, -0.1) is 0 Å². The molecule has 0 aliphatic rings. The van der Waals surface area contributed by atoms with Crippen molar-refractivity contribution in [1.29, 1.82) is 0 Å². The van der Waals surface area contributed by atoms with Gasteiger partial charge < -0.3 is 10.4 Å². The number of anilines is 1. The summed E-state index contributed by atoms with van der Waals surface area (Å²) >= 11 is 1.72. The van der Waals surface area contributed by atoms with Crippen LogP contribution in [-0.2, 0) is 0 Å². The molecule has 0 radical (unpaired) electrons. The van der Waals surface area contributed by atoms with Crippen LogP contribution < -0.4 is 5.32 Å². The zero-order valence-corrected chi connectivity index (χ0v) is 10.5. The quantitative estimate of drug-likeness (QED) is 0.826. The van der Waals surface area contributed by atoms with Crippen LogP contribution in [-0.4, -0.2) is 34.1 Å². The van der Waals surface area contributed by atoms with Crippen molar-refractivity contribution in [3.63, 3.8) is 0 Å². The van der Waals surface area contributed by atoms with Crippen molar-refractivity contribution in [2.75, 3.05) is 18.1 Å². The molecule has 0 aliphatic carbocycles. The molecule has 0 bridgehead atoms. The van der Waals surface area contributed by atoms with Crippen LogP contribution in [0, 0.1) is 6.92 Å². The second kappa shape index (κ2) is 5.75. The first kappa shape index (κ1) is 12.8. The summed E-state index contributed by atoms with van der Waals surface area (Å²) in [6.45, 7) is 4.63. The molecule has 1 unspecified atom stereocenters. The summed E-state index contributed by atoms with van der Waals surface area (Å²) in [5.41, 5.74) is 1.03. The number of aromatic nitrogens is 1. The summed E-state index contributed by atoms with van der Waals surface area (Å²) in [7, 11) is 0. The number of rotatable bonds is 5. The number of carboxylic acid groups (broad SMARTS) is 1. The van der Waals surface area contributed by atoms with E-state index in [0.717, 1.165) is 5.69 Å². The van der Waals surface area contributed by atoms with Crippen LogP contribution in [0.25, 0.3) is 0 Å². The Bertz CT molecular complexity index is 382. The van der Waals surface area contributed by atoms with E-state index in [2.05, 4.69) is 17.2 Å². The molecule has 2 N–H and O–H groups in total. The monoisotopic (exact) mass is 240 g/mol. The fourth-order valence-corrected chi connectivity index (χ4v) is 1.44. The lowest BCUT2D eigenvalue weighted by Gasteiger charge is -2.12. The fraction of sp³-hybridized carbons (Fsp3) is 0.455. The van der Waals surface area contributed by atoms with E-state index in [9.17, 15) is 4.79 Å². The Morgan fingerprint density at radius 3 is 2.88 bits per heavy atom. The van der Waals surface area contributed by atoms with Gasteiger partial charge in [-0.3, -0.25) is 0 Å². The van der Waals surface area contributed by atoms with Gasteiger partial charge in [0.15, 0.2) is 0 Å². The van der Waals surface area contributed by atoms with Gasteiger partial charge in [-0.1, -0.05) is 6.92 Å². The molecule has 1 heterocycles. The van der Waals surface area contributed by atoms with E-state index in [1.165, 1.54) is 0 Å². The van der Waals surface area contributed by atoms with E-state index in [0.29, 0.717) is 17.6 Å². The average Bonchev–Trinajstić information content (AvgIpc) is 2.25. The third-order valence-electron chi connectivity index (χ3n) is 2.22. The Balaban J connectivity index is 2.84. The first-order valence-corrected chi connectivity index (χ1v) is 6.31. The van der Waals surface area contributed by atoms with Crippen molar-refractivity contribution in [1.82, 2.24) is 4.98 Å². The van der Waals surface area contributed by atoms with Crippen molar-refractivity contribution < 1.29 is 9.90 Å². The normalized spacial score (nSPS) is 12.2. The Morgan fingerprint density at radius 1 is 1.62 bits per heavy atom. The SMILES string of the molecule is CSC(C)CNc1nc(C)ccc1C(=O)O. The molecule has 0 aliphatic heterocycles. The zero-order chi connectivity index (χ0) is 12.1. The van der Waals surface area contributed by atoms with Gasteiger partial charge in [-0.25, -0.2) is 9.78 Å². The number of hydrogen-bond donors (Lipinski definition) is 2. The van der Waals surface area contributed by atoms with E-state index < -0.39 is 5.97 Å². The molecule has 0 fully saturated rings. The maximum absolute atomic E-state index is 11.0. The van der Waals surface area contributed by atoms with Gasteiger partial charge >= 0.3 is 5.97 Å². The first-order chi connectivity index (χ1) is 7.54. The smallest absolute Gasteiger partial charge is 0.339 e. The van der Waals surface area contributed by atoms with Crippen LogP contribution in [0.1, 0.15) is 23.0 Å². The van der Waals surface area contributed by atoms with Crippen molar-refractivity contribution in [3.05, 3.63) is 23.4 Å². The second-order valence-electron chi connectivity index (χ2n) is 3.58. The maximum Gasteiger partial charge on any atom is 0.339 e. The van der Waals surface area contributed by atoms with Gasteiger partial charge in [0, 0.05) is 17.5 Å². The number of carbonyl (C=O) groups is 1. The van der Waals surface area contributed by atoms with E-state index in [-0.39, 0.29) is 5.56 Å². The summed E-state index contributed by atoms with van der Waals surface area (Å²) < 4.78 is 0. The van der Waals surface area contributed by atoms with Gasteiger partial charge in [0.2, 0.25) is 0 Å². The predicted molar refractivity (Wildman–Crippen MR) is 67.4 cm³/mol.